The van der Waals surface area contributed by atoms with Crippen molar-refractivity contribution in [1.82, 2.24) is 10.6 Å². The zero-order valence-corrected chi connectivity index (χ0v) is 19.1. The van der Waals surface area contributed by atoms with Gasteiger partial charge in [-0.3, -0.25) is 9.10 Å². The number of nitrogens with one attached hydrogen (secondary N) is 2. The molecule has 0 aliphatic carbocycles. The molecule has 1 aliphatic heterocycles. The van der Waals surface area contributed by atoms with Gasteiger partial charge < -0.3 is 15.1 Å². The molecule has 3 aromatic rings. The predicted molar refractivity (Wildman–Crippen MR) is 123 cm³/mol. The molecule has 0 bridgehead atoms. The van der Waals surface area contributed by atoms with E-state index in [0.29, 0.717) is 40.1 Å². The maximum Gasteiger partial charge on any atom is 0.255 e. The van der Waals surface area contributed by atoms with E-state index in [1.807, 2.05) is 6.07 Å². The second kappa shape index (κ2) is 8.55. The number of fused-ring (bicyclic) bond motifs is 1. The van der Waals surface area contributed by atoms with Crippen molar-refractivity contribution in [2.75, 3.05) is 37.7 Å². The molecule has 1 aliphatic rings. The summed E-state index contributed by atoms with van der Waals surface area (Å²) in [6.07, 6.45) is 3.03. The third-order valence-electron chi connectivity index (χ3n) is 5.97. The Balaban J connectivity index is 2.00. The van der Waals surface area contributed by atoms with Crippen LogP contribution in [-0.2, 0) is 10.0 Å². The lowest BCUT2D eigenvalue weighted by Gasteiger charge is -2.28. The van der Waals surface area contributed by atoms with E-state index in [-0.39, 0.29) is 11.8 Å². The van der Waals surface area contributed by atoms with Crippen molar-refractivity contribution in [1.29, 1.82) is 0 Å². The minimum atomic E-state index is -3.52. The van der Waals surface area contributed by atoms with Crippen LogP contribution in [0.1, 0.15) is 34.7 Å². The van der Waals surface area contributed by atoms with Crippen LogP contribution in [0.25, 0.3) is 22.3 Å². The van der Waals surface area contributed by atoms with Crippen LogP contribution in [0.3, 0.4) is 0 Å². The van der Waals surface area contributed by atoms with Gasteiger partial charge in [-0.15, -0.1) is 0 Å². The second-order valence-electron chi connectivity index (χ2n) is 8.07. The first-order valence-electron chi connectivity index (χ1n) is 10.4. The van der Waals surface area contributed by atoms with Crippen LogP contribution in [0, 0.1) is 5.82 Å². The maximum absolute atomic E-state index is 13.5. The molecular weight excluding hydrogens is 433 g/mol. The lowest BCUT2D eigenvalue weighted by atomic mass is 9.89. The summed E-state index contributed by atoms with van der Waals surface area (Å²) in [6, 6.07) is 9.26. The molecule has 1 aromatic heterocycles. The van der Waals surface area contributed by atoms with Crippen molar-refractivity contribution in [2.24, 2.45) is 0 Å². The quantitative estimate of drug-likeness (QED) is 0.610. The Kier molecular flexibility index (Phi) is 5.96. The average Bonchev–Trinajstić information content (AvgIpc) is 3.16. The van der Waals surface area contributed by atoms with Gasteiger partial charge >= 0.3 is 0 Å². The molecule has 1 fully saturated rings. The number of sulfonamides is 1. The van der Waals surface area contributed by atoms with Crippen molar-refractivity contribution in [2.45, 2.75) is 18.8 Å². The highest BCUT2D eigenvalue weighted by molar-refractivity contribution is 7.92. The molecule has 0 spiro atoms. The Morgan fingerprint density at radius 3 is 2.56 bits per heavy atom. The largest absolute Gasteiger partial charge is 0.455 e. The van der Waals surface area contributed by atoms with E-state index in [4.69, 9.17) is 4.42 Å². The monoisotopic (exact) mass is 459 g/mol. The van der Waals surface area contributed by atoms with Gasteiger partial charge in [0.25, 0.3) is 5.91 Å². The van der Waals surface area contributed by atoms with Gasteiger partial charge in [0.05, 0.1) is 17.5 Å². The van der Waals surface area contributed by atoms with Gasteiger partial charge in [0.1, 0.15) is 17.2 Å². The molecule has 1 atom stereocenters. The number of anilines is 1. The number of halogens is 1. The fourth-order valence-electron chi connectivity index (χ4n) is 4.20. The van der Waals surface area contributed by atoms with Crippen LogP contribution in [-0.4, -0.2) is 47.8 Å². The van der Waals surface area contributed by atoms with Crippen LogP contribution in [0.5, 0.6) is 0 Å². The van der Waals surface area contributed by atoms with E-state index >= 15 is 0 Å². The molecule has 0 radical (unpaired) electrons. The highest BCUT2D eigenvalue weighted by atomic mass is 32.2. The van der Waals surface area contributed by atoms with E-state index in [0.717, 1.165) is 31.2 Å². The number of hydrogen-bond acceptors (Lipinski definition) is 5. The number of rotatable bonds is 5. The molecule has 2 aromatic carbocycles. The van der Waals surface area contributed by atoms with Crippen LogP contribution in [0.15, 0.2) is 40.8 Å². The zero-order chi connectivity index (χ0) is 23.0. The average molecular weight is 460 g/mol. The summed E-state index contributed by atoms with van der Waals surface area (Å²) in [5.74, 6) is -0.323. The van der Waals surface area contributed by atoms with Crippen LogP contribution >= 0.6 is 0 Å². The van der Waals surface area contributed by atoms with Gasteiger partial charge in [0.2, 0.25) is 10.0 Å². The summed E-state index contributed by atoms with van der Waals surface area (Å²) in [5, 5.41) is 6.61. The number of piperidine rings is 1. The molecular formula is C23H26FN3O4S. The predicted octanol–water partition coefficient (Wildman–Crippen LogP) is 3.46. The van der Waals surface area contributed by atoms with Crippen LogP contribution < -0.4 is 14.9 Å². The molecule has 1 saturated heterocycles. The first-order valence-corrected chi connectivity index (χ1v) is 12.3. The first kappa shape index (κ1) is 22.3. The highest BCUT2D eigenvalue weighted by Gasteiger charge is 2.28. The van der Waals surface area contributed by atoms with Gasteiger partial charge in [-0.2, -0.15) is 0 Å². The summed E-state index contributed by atoms with van der Waals surface area (Å²) >= 11 is 0. The number of carbonyl (C=O) groups is 1. The Morgan fingerprint density at radius 1 is 1.25 bits per heavy atom. The molecule has 0 saturated carbocycles. The molecule has 4 rings (SSSR count). The molecule has 2 heterocycles. The second-order valence-corrected chi connectivity index (χ2v) is 10.1. The number of nitrogens with zero attached hydrogens (tertiary/aromatic N) is 1. The van der Waals surface area contributed by atoms with Crippen molar-refractivity contribution < 1.29 is 22.0 Å². The standard InChI is InChI=1S/C23H26FN3O4S/c1-25-23(28)21-18-11-17(15-5-4-10-26-13-15)19(27(2)32(3,29)30)12-20(18)31-22(21)14-6-8-16(24)9-7-14/h6-9,11-12,15,26H,4-5,10,13H2,1-3H3,(H,25,28). The van der Waals surface area contributed by atoms with Gasteiger partial charge in [0.15, 0.2) is 0 Å². The van der Waals surface area contributed by atoms with E-state index < -0.39 is 15.8 Å². The zero-order valence-electron chi connectivity index (χ0n) is 18.2. The van der Waals surface area contributed by atoms with Crippen LogP contribution in [0.4, 0.5) is 10.1 Å². The van der Waals surface area contributed by atoms with Gasteiger partial charge in [-0.05, 0) is 61.2 Å². The van der Waals surface area contributed by atoms with Gasteiger partial charge in [-0.1, -0.05) is 0 Å². The summed E-state index contributed by atoms with van der Waals surface area (Å²) < 4.78 is 45.5. The maximum atomic E-state index is 13.5. The molecule has 2 N–H and O–H groups in total. The number of carbonyl (C=O) groups excluding carboxylic acids is 1. The smallest absolute Gasteiger partial charge is 0.255 e. The molecule has 1 amide bonds. The highest BCUT2D eigenvalue weighted by Crippen LogP contribution is 2.41. The molecule has 1 unspecified atom stereocenters. The van der Waals surface area contributed by atoms with Crippen molar-refractivity contribution in [3.63, 3.8) is 0 Å². The number of amides is 1. The number of furan rings is 1. The normalized spacial score (nSPS) is 16.8. The number of benzene rings is 2. The van der Waals surface area contributed by atoms with Gasteiger partial charge in [-0.25, -0.2) is 12.8 Å². The summed E-state index contributed by atoms with van der Waals surface area (Å²) in [6.45, 7) is 1.63. The third-order valence-corrected chi connectivity index (χ3v) is 7.16. The lowest BCUT2D eigenvalue weighted by molar-refractivity contribution is 0.0964. The van der Waals surface area contributed by atoms with E-state index in [9.17, 15) is 17.6 Å². The first-order chi connectivity index (χ1) is 15.2. The summed E-state index contributed by atoms with van der Waals surface area (Å²) in [7, 11) is -0.468. The third kappa shape index (κ3) is 4.10. The topological polar surface area (TPSA) is 91.7 Å². The SMILES string of the molecule is CNC(=O)c1c(-c2ccc(F)cc2)oc2cc(N(C)S(C)(=O)=O)c(C3CCCNC3)cc12. The van der Waals surface area contributed by atoms with E-state index in [2.05, 4.69) is 10.6 Å². The minimum Gasteiger partial charge on any atom is -0.455 e. The summed E-state index contributed by atoms with van der Waals surface area (Å²) in [5.41, 5.74) is 2.65. The summed E-state index contributed by atoms with van der Waals surface area (Å²) in [4.78, 5) is 12.9. The number of hydrogen-bond donors (Lipinski definition) is 2. The molecule has 170 valence electrons. The lowest BCUT2D eigenvalue weighted by Crippen LogP contribution is -2.31. The Labute approximate surface area is 186 Å². The fraction of sp³-hybridized carbons (Fsp3) is 0.348. The Hall–Kier alpha value is -2.91. The van der Waals surface area contributed by atoms with Crippen LogP contribution in [0.2, 0.25) is 0 Å². The Morgan fingerprint density at radius 2 is 1.97 bits per heavy atom. The Bertz CT molecular complexity index is 1260. The molecule has 9 heteroatoms. The molecule has 7 nitrogen and oxygen atoms in total. The van der Waals surface area contributed by atoms with Crippen molar-refractivity contribution >= 4 is 32.6 Å². The minimum absolute atomic E-state index is 0.0917. The molecule has 32 heavy (non-hydrogen) atoms. The van der Waals surface area contributed by atoms with Crippen molar-refractivity contribution in [3.8, 4) is 11.3 Å². The van der Waals surface area contributed by atoms with Gasteiger partial charge in [0, 0.05) is 37.7 Å². The van der Waals surface area contributed by atoms with E-state index in [1.165, 1.54) is 30.5 Å². The fourth-order valence-corrected chi connectivity index (χ4v) is 4.71. The van der Waals surface area contributed by atoms with E-state index in [1.54, 1.807) is 18.2 Å². The van der Waals surface area contributed by atoms with Crippen molar-refractivity contribution in [3.05, 3.63) is 53.3 Å².